The zero-order chi connectivity index (χ0) is 26.1. The van der Waals surface area contributed by atoms with Crippen molar-refractivity contribution in [3.8, 4) is 0 Å². The van der Waals surface area contributed by atoms with Crippen LogP contribution in [0.2, 0.25) is 0 Å². The van der Waals surface area contributed by atoms with Gasteiger partial charge in [-0.2, -0.15) is 0 Å². The number of aliphatic hydroxyl groups is 1. The Morgan fingerprint density at radius 2 is 1.18 bits per heavy atom. The summed E-state index contributed by atoms with van der Waals surface area (Å²) in [5.41, 5.74) is 22.0. The Morgan fingerprint density at radius 1 is 0.706 bits per heavy atom. The van der Waals surface area contributed by atoms with Crippen molar-refractivity contribution in [2.75, 3.05) is 19.7 Å². The van der Waals surface area contributed by atoms with Gasteiger partial charge in [-0.25, -0.2) is 4.79 Å². The van der Waals surface area contributed by atoms with Crippen LogP contribution in [0.1, 0.15) is 51.4 Å². The molecule has 0 aromatic carbocycles. The molecule has 14 heteroatoms. The number of hydrogen-bond donors (Lipinski definition) is 9. The molecule has 0 aliphatic carbocycles. The highest BCUT2D eigenvalue weighted by atomic mass is 16.4. The van der Waals surface area contributed by atoms with E-state index in [4.69, 9.17) is 33.1 Å². The topological polar surface area (TPSA) is 266 Å². The van der Waals surface area contributed by atoms with E-state index in [1.54, 1.807) is 0 Å². The summed E-state index contributed by atoms with van der Waals surface area (Å²) in [6.07, 6.45) is 2.53. The number of unbranched alkanes of at least 4 members (excludes halogenated alkanes) is 2. The lowest BCUT2D eigenvalue weighted by Crippen LogP contribution is -2.57. The second-order valence-electron chi connectivity index (χ2n) is 7.88. The van der Waals surface area contributed by atoms with E-state index in [1.807, 2.05) is 0 Å². The van der Waals surface area contributed by atoms with Crippen molar-refractivity contribution in [2.24, 2.45) is 22.9 Å². The molecule has 0 aliphatic heterocycles. The molecule has 13 N–H and O–H groups in total. The lowest BCUT2D eigenvalue weighted by Gasteiger charge is -2.25. The summed E-state index contributed by atoms with van der Waals surface area (Å²) in [6.45, 7) is -0.0358. The highest BCUT2D eigenvalue weighted by Crippen LogP contribution is 2.06. The smallest absolute Gasteiger partial charge is 0.328 e. The highest BCUT2D eigenvalue weighted by molar-refractivity contribution is 5.94. The second kappa shape index (κ2) is 17.6. The fourth-order valence-corrected chi connectivity index (χ4v) is 2.97. The number of nitrogens with one attached hydrogen (secondary N) is 3. The van der Waals surface area contributed by atoms with E-state index in [-0.39, 0.29) is 19.3 Å². The van der Waals surface area contributed by atoms with Gasteiger partial charge in [0, 0.05) is 6.42 Å². The Hall–Kier alpha value is -2.81. The summed E-state index contributed by atoms with van der Waals surface area (Å²) in [6, 6.07) is -4.84. The maximum atomic E-state index is 12.9. The lowest BCUT2D eigenvalue weighted by atomic mass is 10.0. The molecule has 0 radical (unpaired) electrons. The Balaban J connectivity index is 5.41. The maximum Gasteiger partial charge on any atom is 0.328 e. The first-order valence-electron chi connectivity index (χ1n) is 11.3. The number of amides is 4. The van der Waals surface area contributed by atoms with Crippen LogP contribution in [-0.4, -0.2) is 83.7 Å². The van der Waals surface area contributed by atoms with Crippen molar-refractivity contribution in [3.63, 3.8) is 0 Å². The van der Waals surface area contributed by atoms with Gasteiger partial charge in [-0.1, -0.05) is 6.42 Å². The van der Waals surface area contributed by atoms with Gasteiger partial charge < -0.3 is 49.1 Å². The van der Waals surface area contributed by atoms with Gasteiger partial charge in [-0.05, 0) is 51.6 Å². The summed E-state index contributed by atoms with van der Waals surface area (Å²) >= 11 is 0. The average molecular weight is 490 g/mol. The number of carboxylic acid groups (broad SMARTS) is 1. The molecule has 196 valence electrons. The molecule has 0 aromatic heterocycles. The van der Waals surface area contributed by atoms with E-state index in [1.165, 1.54) is 0 Å². The third-order valence-corrected chi connectivity index (χ3v) is 5.00. The zero-order valence-corrected chi connectivity index (χ0v) is 19.3. The van der Waals surface area contributed by atoms with E-state index < -0.39 is 60.4 Å². The minimum atomic E-state index is -1.60. The van der Waals surface area contributed by atoms with Gasteiger partial charge >= 0.3 is 5.97 Å². The van der Waals surface area contributed by atoms with Crippen molar-refractivity contribution >= 4 is 29.6 Å². The van der Waals surface area contributed by atoms with Gasteiger partial charge in [-0.3, -0.25) is 19.2 Å². The Morgan fingerprint density at radius 3 is 1.65 bits per heavy atom. The van der Waals surface area contributed by atoms with Crippen molar-refractivity contribution in [1.82, 2.24) is 16.0 Å². The molecule has 34 heavy (non-hydrogen) atoms. The first kappa shape index (κ1) is 31.2. The maximum absolute atomic E-state index is 12.9. The van der Waals surface area contributed by atoms with Crippen LogP contribution in [0.25, 0.3) is 0 Å². The van der Waals surface area contributed by atoms with Crippen LogP contribution >= 0.6 is 0 Å². The number of aliphatic hydroxyl groups excluding tert-OH is 1. The molecule has 14 nitrogen and oxygen atoms in total. The van der Waals surface area contributed by atoms with E-state index in [9.17, 15) is 24.0 Å². The first-order valence-corrected chi connectivity index (χ1v) is 11.3. The molecule has 4 unspecified atom stereocenters. The summed E-state index contributed by atoms with van der Waals surface area (Å²) in [7, 11) is 0. The number of hydrogen-bond acceptors (Lipinski definition) is 9. The fourth-order valence-electron chi connectivity index (χ4n) is 2.97. The molecule has 0 spiro atoms. The molecule has 0 fully saturated rings. The average Bonchev–Trinajstić information content (AvgIpc) is 2.78. The Kier molecular flexibility index (Phi) is 16.2. The molecule has 0 bridgehead atoms. The molecule has 0 aromatic rings. The predicted octanol–water partition coefficient (Wildman–Crippen LogP) is -3.63. The van der Waals surface area contributed by atoms with Crippen LogP contribution in [0.3, 0.4) is 0 Å². The van der Waals surface area contributed by atoms with Crippen molar-refractivity contribution in [1.29, 1.82) is 0 Å². The van der Waals surface area contributed by atoms with Gasteiger partial charge in [0.1, 0.15) is 18.1 Å². The van der Waals surface area contributed by atoms with Crippen LogP contribution in [0.15, 0.2) is 0 Å². The van der Waals surface area contributed by atoms with Gasteiger partial charge in [-0.15, -0.1) is 0 Å². The number of rotatable bonds is 19. The molecule has 0 saturated heterocycles. The lowest BCUT2D eigenvalue weighted by molar-refractivity contribution is -0.143. The monoisotopic (exact) mass is 489 g/mol. The summed E-state index contributed by atoms with van der Waals surface area (Å²) in [5, 5.41) is 25.2. The van der Waals surface area contributed by atoms with E-state index >= 15 is 0 Å². The molecule has 0 aliphatic rings. The normalized spacial score (nSPS) is 14.4. The number of nitrogens with two attached hydrogens (primary N) is 4. The zero-order valence-electron chi connectivity index (χ0n) is 19.3. The second-order valence-corrected chi connectivity index (χ2v) is 7.88. The molecule has 0 saturated carbocycles. The van der Waals surface area contributed by atoms with Gasteiger partial charge in [0.15, 0.2) is 0 Å². The Bertz CT molecular complexity index is 678. The van der Waals surface area contributed by atoms with Crippen LogP contribution in [0.5, 0.6) is 0 Å². The highest BCUT2D eigenvalue weighted by Gasteiger charge is 2.30. The van der Waals surface area contributed by atoms with Crippen molar-refractivity contribution in [3.05, 3.63) is 0 Å². The van der Waals surface area contributed by atoms with Crippen LogP contribution < -0.4 is 38.9 Å². The van der Waals surface area contributed by atoms with E-state index in [0.29, 0.717) is 45.2 Å². The van der Waals surface area contributed by atoms with Crippen molar-refractivity contribution < 1.29 is 34.2 Å². The summed E-state index contributed by atoms with van der Waals surface area (Å²) in [4.78, 5) is 60.2. The molecule has 0 heterocycles. The quantitative estimate of drug-likeness (QED) is 0.0803. The van der Waals surface area contributed by atoms with E-state index in [0.717, 1.165) is 0 Å². The van der Waals surface area contributed by atoms with E-state index in [2.05, 4.69) is 16.0 Å². The number of carboxylic acids is 1. The third-order valence-electron chi connectivity index (χ3n) is 5.00. The summed E-state index contributed by atoms with van der Waals surface area (Å²) < 4.78 is 0. The third kappa shape index (κ3) is 13.0. The van der Waals surface area contributed by atoms with Crippen LogP contribution in [0.4, 0.5) is 0 Å². The predicted molar refractivity (Wildman–Crippen MR) is 123 cm³/mol. The van der Waals surface area contributed by atoms with Gasteiger partial charge in [0.2, 0.25) is 23.6 Å². The van der Waals surface area contributed by atoms with Gasteiger partial charge in [0.25, 0.3) is 0 Å². The molecule has 0 rings (SSSR count). The standard InChI is InChI=1S/C20H39N7O7/c21-9-3-1-5-12(23)17(30)25-13(6-2-4-10-22)18(31)26-14(7-8-16(24)29)19(32)27-15(11-28)20(33)34/h12-15,28H,1-11,21-23H2,(H2,24,29)(H,25,30)(H,26,31)(H,27,32)(H,33,34). The SMILES string of the molecule is NCCCCC(N)C(=O)NC(CCCCN)C(=O)NC(CCC(N)=O)C(=O)NC(CO)C(=O)O. The Labute approximate surface area is 198 Å². The minimum absolute atomic E-state index is 0.211. The number of aliphatic carboxylic acids is 1. The molecule has 4 amide bonds. The number of carbonyl (C=O) groups excluding carboxylic acids is 4. The number of primary amides is 1. The molecular formula is C20H39N7O7. The van der Waals surface area contributed by atoms with Gasteiger partial charge in [0.05, 0.1) is 12.6 Å². The fraction of sp³-hybridized carbons (Fsp3) is 0.750. The van der Waals surface area contributed by atoms with Crippen molar-refractivity contribution in [2.45, 2.75) is 75.5 Å². The molecular weight excluding hydrogens is 450 g/mol. The largest absolute Gasteiger partial charge is 0.480 e. The van der Waals surface area contributed by atoms with Crippen LogP contribution in [0, 0.1) is 0 Å². The first-order chi connectivity index (χ1) is 16.1. The van der Waals surface area contributed by atoms with Crippen LogP contribution in [-0.2, 0) is 24.0 Å². The minimum Gasteiger partial charge on any atom is -0.480 e. The molecule has 4 atom stereocenters. The number of carbonyl (C=O) groups is 5. The summed E-state index contributed by atoms with van der Waals surface area (Å²) in [5.74, 6) is -4.41.